The van der Waals surface area contributed by atoms with Gasteiger partial charge in [0.2, 0.25) is 0 Å². The largest absolute Gasteiger partial charge is 0.444 e. The number of hydrogen-bond acceptors (Lipinski definition) is 5. The summed E-state index contributed by atoms with van der Waals surface area (Å²) in [5.41, 5.74) is 5.69. The molecule has 1 saturated carbocycles. The highest BCUT2D eigenvalue weighted by atomic mass is 32.2. The van der Waals surface area contributed by atoms with Gasteiger partial charge in [-0.2, -0.15) is 0 Å². The fourth-order valence-corrected chi connectivity index (χ4v) is 5.07. The first-order chi connectivity index (χ1) is 12.1. The van der Waals surface area contributed by atoms with Crippen LogP contribution in [0, 0.1) is 17.7 Å². The Morgan fingerprint density at radius 2 is 2.19 bits per heavy atom. The second-order valence-corrected chi connectivity index (χ2v) is 9.27. The maximum Gasteiger partial charge on any atom is 0.413 e. The lowest BCUT2D eigenvalue weighted by molar-refractivity contribution is 0.0564. The zero-order chi connectivity index (χ0) is 19.1. The summed E-state index contributed by atoms with van der Waals surface area (Å²) in [6.07, 6.45) is 1.17. The molecule has 3 rings (SSSR count). The van der Waals surface area contributed by atoms with Crippen LogP contribution in [0.15, 0.2) is 23.2 Å². The Morgan fingerprint density at radius 3 is 2.88 bits per heavy atom. The highest BCUT2D eigenvalue weighted by molar-refractivity contribution is 8.13. The Hall–Kier alpha value is -1.76. The van der Waals surface area contributed by atoms with Crippen LogP contribution in [-0.4, -0.2) is 22.6 Å². The third-order valence-electron chi connectivity index (χ3n) is 4.81. The molecule has 26 heavy (non-hydrogen) atoms. The number of thioether (sulfide) groups is 1. The monoisotopic (exact) mass is 379 g/mol. The quantitative estimate of drug-likeness (QED) is 0.714. The molecule has 3 atom stereocenters. The van der Waals surface area contributed by atoms with Gasteiger partial charge in [0, 0.05) is 17.0 Å². The average molecular weight is 380 g/mol. The molecule has 0 unspecified atom stereocenters. The van der Waals surface area contributed by atoms with Crippen molar-refractivity contribution in [2.45, 2.75) is 51.7 Å². The minimum atomic E-state index is -0.686. The first kappa shape index (κ1) is 19.0. The molecule has 7 heteroatoms. The van der Waals surface area contributed by atoms with E-state index in [0.717, 1.165) is 18.6 Å². The second kappa shape index (κ2) is 6.76. The van der Waals surface area contributed by atoms with E-state index in [1.54, 1.807) is 32.9 Å². The van der Waals surface area contributed by atoms with Gasteiger partial charge in [-0.05, 0) is 63.6 Å². The molecule has 1 aliphatic heterocycles. The Morgan fingerprint density at radius 1 is 1.46 bits per heavy atom. The standard InChI is InChI=1S/C19H26FN3O2S/c1-11-7-12-10-26-16(22-17(24)25-18(2,3)4)23-19(12,9-11)14-8-13(21)5-6-15(14)20/h5-6,8,11-12H,7,9-10,21H2,1-4H3,(H,22,23,24)/t11-,12+,19+/m0/s1. The second-order valence-electron chi connectivity index (χ2n) is 8.26. The third kappa shape index (κ3) is 3.82. The van der Waals surface area contributed by atoms with Crippen LogP contribution >= 0.6 is 11.8 Å². The average Bonchev–Trinajstić information content (AvgIpc) is 2.83. The molecule has 0 aromatic heterocycles. The summed E-state index contributed by atoms with van der Waals surface area (Å²) in [5.74, 6) is 1.10. The first-order valence-electron chi connectivity index (χ1n) is 8.87. The smallest absolute Gasteiger partial charge is 0.413 e. The number of ether oxygens (including phenoxy) is 1. The molecule has 0 spiro atoms. The number of alkyl carbamates (subject to hydrolysis) is 1. The fraction of sp³-hybridized carbons (Fsp3) is 0.579. The Labute approximate surface area is 158 Å². The number of anilines is 1. The van der Waals surface area contributed by atoms with Crippen LogP contribution in [-0.2, 0) is 10.3 Å². The SMILES string of the molecule is C[C@H]1C[C@@H]2CSC(NC(=O)OC(C)(C)C)=N[C@]2(c2cc(N)ccc2F)C1. The van der Waals surface area contributed by atoms with Crippen molar-refractivity contribution in [1.29, 1.82) is 0 Å². The number of halogens is 1. The van der Waals surface area contributed by atoms with Crippen molar-refractivity contribution >= 4 is 28.7 Å². The van der Waals surface area contributed by atoms with Gasteiger partial charge in [0.25, 0.3) is 0 Å². The number of nitrogens with zero attached hydrogens (tertiary/aromatic N) is 1. The van der Waals surface area contributed by atoms with E-state index in [9.17, 15) is 9.18 Å². The number of amides is 1. The molecular weight excluding hydrogens is 353 g/mol. The van der Waals surface area contributed by atoms with Crippen LogP contribution < -0.4 is 11.1 Å². The topological polar surface area (TPSA) is 76.7 Å². The molecule has 1 amide bonds. The molecule has 3 N–H and O–H groups in total. The molecule has 1 heterocycles. The normalized spacial score (nSPS) is 28.3. The molecule has 1 aromatic carbocycles. The number of carbonyl (C=O) groups is 1. The van der Waals surface area contributed by atoms with Gasteiger partial charge in [-0.3, -0.25) is 10.3 Å². The molecule has 0 saturated heterocycles. The van der Waals surface area contributed by atoms with Gasteiger partial charge in [-0.25, -0.2) is 9.18 Å². The minimum Gasteiger partial charge on any atom is -0.444 e. The molecule has 1 aromatic rings. The number of aliphatic imine (C=N–C) groups is 1. The van der Waals surface area contributed by atoms with Gasteiger partial charge in [-0.15, -0.1) is 0 Å². The number of nitrogen functional groups attached to an aromatic ring is 1. The van der Waals surface area contributed by atoms with Crippen LogP contribution in [0.25, 0.3) is 0 Å². The number of hydrogen-bond donors (Lipinski definition) is 2. The van der Waals surface area contributed by atoms with E-state index in [1.165, 1.54) is 17.8 Å². The summed E-state index contributed by atoms with van der Waals surface area (Å²) < 4.78 is 20.0. The number of rotatable bonds is 1. The van der Waals surface area contributed by atoms with E-state index >= 15 is 0 Å². The van der Waals surface area contributed by atoms with Crippen molar-refractivity contribution in [3.63, 3.8) is 0 Å². The molecule has 5 nitrogen and oxygen atoms in total. The van der Waals surface area contributed by atoms with Crippen molar-refractivity contribution in [1.82, 2.24) is 5.32 Å². The Kier molecular flexibility index (Phi) is 4.94. The molecule has 0 bridgehead atoms. The molecule has 1 aliphatic carbocycles. The van der Waals surface area contributed by atoms with Crippen molar-refractivity contribution in [3.8, 4) is 0 Å². The number of nitrogens with one attached hydrogen (secondary N) is 1. The van der Waals surface area contributed by atoms with Gasteiger partial charge in [0.15, 0.2) is 5.17 Å². The van der Waals surface area contributed by atoms with Crippen molar-refractivity contribution < 1.29 is 13.9 Å². The van der Waals surface area contributed by atoms with Crippen LogP contribution in [0.2, 0.25) is 0 Å². The Balaban J connectivity index is 1.96. The van der Waals surface area contributed by atoms with Crippen molar-refractivity contribution in [2.24, 2.45) is 16.8 Å². The molecule has 2 aliphatic rings. The third-order valence-corrected chi connectivity index (χ3v) is 5.84. The maximum atomic E-state index is 14.7. The van der Waals surface area contributed by atoms with Crippen LogP contribution in [0.1, 0.15) is 46.1 Å². The maximum absolute atomic E-state index is 14.7. The highest BCUT2D eigenvalue weighted by Crippen LogP contribution is 2.53. The van der Waals surface area contributed by atoms with Crippen LogP contribution in [0.4, 0.5) is 14.9 Å². The van der Waals surface area contributed by atoms with E-state index in [1.807, 2.05) is 0 Å². The van der Waals surface area contributed by atoms with Gasteiger partial charge in [0.05, 0.1) is 5.54 Å². The van der Waals surface area contributed by atoms with Crippen molar-refractivity contribution in [3.05, 3.63) is 29.6 Å². The first-order valence-corrected chi connectivity index (χ1v) is 9.86. The minimum absolute atomic E-state index is 0.211. The highest BCUT2D eigenvalue weighted by Gasteiger charge is 2.51. The zero-order valence-corrected chi connectivity index (χ0v) is 16.5. The predicted octanol–water partition coefficient (Wildman–Crippen LogP) is 4.28. The van der Waals surface area contributed by atoms with Crippen molar-refractivity contribution in [2.75, 3.05) is 11.5 Å². The van der Waals surface area contributed by atoms with E-state index in [-0.39, 0.29) is 11.7 Å². The summed E-state index contributed by atoms with van der Waals surface area (Å²) in [6, 6.07) is 4.65. The summed E-state index contributed by atoms with van der Waals surface area (Å²) in [5, 5.41) is 3.21. The van der Waals surface area contributed by atoms with E-state index in [0.29, 0.717) is 22.3 Å². The number of carbonyl (C=O) groups excluding carboxylic acids is 1. The predicted molar refractivity (Wildman–Crippen MR) is 104 cm³/mol. The lowest BCUT2D eigenvalue weighted by Gasteiger charge is -2.37. The summed E-state index contributed by atoms with van der Waals surface area (Å²) in [6.45, 7) is 7.58. The fourth-order valence-electron chi connectivity index (χ4n) is 3.92. The lowest BCUT2D eigenvalue weighted by atomic mass is 9.81. The van der Waals surface area contributed by atoms with Gasteiger partial charge < -0.3 is 10.5 Å². The summed E-state index contributed by atoms with van der Waals surface area (Å²) >= 11 is 1.48. The summed E-state index contributed by atoms with van der Waals surface area (Å²) in [4.78, 5) is 17.0. The van der Waals surface area contributed by atoms with Gasteiger partial charge >= 0.3 is 6.09 Å². The summed E-state index contributed by atoms with van der Waals surface area (Å²) in [7, 11) is 0. The lowest BCUT2D eigenvalue weighted by Crippen LogP contribution is -2.42. The van der Waals surface area contributed by atoms with Gasteiger partial charge in [-0.1, -0.05) is 18.7 Å². The number of amidine groups is 1. The van der Waals surface area contributed by atoms with E-state index < -0.39 is 17.2 Å². The Bertz CT molecular complexity index is 747. The molecule has 1 fully saturated rings. The number of benzene rings is 1. The van der Waals surface area contributed by atoms with Crippen LogP contribution in [0.5, 0.6) is 0 Å². The number of nitrogens with two attached hydrogens (primary N) is 1. The van der Waals surface area contributed by atoms with E-state index in [2.05, 4.69) is 12.2 Å². The molecular formula is C19H26FN3O2S. The van der Waals surface area contributed by atoms with Gasteiger partial charge in [0.1, 0.15) is 11.4 Å². The molecule has 0 radical (unpaired) electrons. The molecule has 142 valence electrons. The van der Waals surface area contributed by atoms with Crippen LogP contribution in [0.3, 0.4) is 0 Å². The number of fused-ring (bicyclic) bond motifs is 1. The van der Waals surface area contributed by atoms with E-state index in [4.69, 9.17) is 15.5 Å². The zero-order valence-electron chi connectivity index (χ0n) is 15.6.